The number of nitrogens with zero attached hydrogens (tertiary/aromatic N) is 2. The topological polar surface area (TPSA) is 39.1 Å². The fraction of sp³-hybridized carbons (Fsp3) is 0.400. The van der Waals surface area contributed by atoms with Crippen molar-refractivity contribution in [2.24, 2.45) is 0 Å². The van der Waals surface area contributed by atoms with Gasteiger partial charge in [-0.15, -0.1) is 0 Å². The van der Waals surface area contributed by atoms with Gasteiger partial charge in [-0.3, -0.25) is 4.68 Å². The maximum absolute atomic E-state index is 5.17. The highest BCUT2D eigenvalue weighted by atomic mass is 79.9. The van der Waals surface area contributed by atoms with Gasteiger partial charge in [0.05, 0.1) is 35.6 Å². The van der Waals surface area contributed by atoms with Crippen LogP contribution in [0.25, 0.3) is 0 Å². The van der Waals surface area contributed by atoms with Crippen LogP contribution in [0.4, 0.5) is 0 Å². The molecule has 1 heterocycles. The van der Waals surface area contributed by atoms with E-state index in [9.17, 15) is 0 Å². The standard InChI is InChI=1S/C15H19Br2N3O/c1-10-4-5-12(16)11(8-10)14(18-2)15-13(17)9-19-20(15)6-7-21-3/h4-5,8-9,14,18H,6-7H2,1-3H3. The third-order valence-electron chi connectivity index (χ3n) is 3.37. The molecule has 0 aliphatic carbocycles. The minimum Gasteiger partial charge on any atom is -0.383 e. The Morgan fingerprint density at radius 1 is 1.33 bits per heavy atom. The molecular formula is C15H19Br2N3O. The molecule has 4 nitrogen and oxygen atoms in total. The molecule has 21 heavy (non-hydrogen) atoms. The number of methoxy groups -OCH3 is 1. The Morgan fingerprint density at radius 3 is 2.76 bits per heavy atom. The van der Waals surface area contributed by atoms with Crippen LogP contribution in [-0.2, 0) is 11.3 Å². The van der Waals surface area contributed by atoms with Gasteiger partial charge in [0.2, 0.25) is 0 Å². The molecule has 2 aromatic rings. The Kier molecular flexibility index (Phi) is 5.98. The normalized spacial score (nSPS) is 12.6. The van der Waals surface area contributed by atoms with Gasteiger partial charge in [-0.1, -0.05) is 33.6 Å². The zero-order valence-corrected chi connectivity index (χ0v) is 15.5. The van der Waals surface area contributed by atoms with Crippen molar-refractivity contribution in [2.75, 3.05) is 20.8 Å². The van der Waals surface area contributed by atoms with E-state index in [2.05, 4.69) is 67.4 Å². The number of benzene rings is 1. The number of hydrogen-bond acceptors (Lipinski definition) is 3. The zero-order chi connectivity index (χ0) is 15.4. The molecule has 0 saturated carbocycles. The summed E-state index contributed by atoms with van der Waals surface area (Å²) < 4.78 is 9.22. The Hall–Kier alpha value is -0.690. The number of halogens is 2. The lowest BCUT2D eigenvalue weighted by Gasteiger charge is -2.21. The number of aryl methyl sites for hydroxylation is 1. The molecular weight excluding hydrogens is 398 g/mol. The highest BCUT2D eigenvalue weighted by Gasteiger charge is 2.22. The minimum atomic E-state index is 0.0491. The van der Waals surface area contributed by atoms with E-state index in [1.165, 1.54) is 11.1 Å². The van der Waals surface area contributed by atoms with E-state index in [1.807, 2.05) is 17.9 Å². The van der Waals surface area contributed by atoms with Crippen molar-refractivity contribution in [1.82, 2.24) is 15.1 Å². The van der Waals surface area contributed by atoms with Crippen LogP contribution in [0.3, 0.4) is 0 Å². The molecule has 1 atom stereocenters. The molecule has 0 fully saturated rings. The van der Waals surface area contributed by atoms with Crippen molar-refractivity contribution in [3.05, 3.63) is 50.2 Å². The Bertz CT molecular complexity index is 613. The van der Waals surface area contributed by atoms with Crippen molar-refractivity contribution in [3.8, 4) is 0 Å². The highest BCUT2D eigenvalue weighted by Crippen LogP contribution is 2.33. The second-order valence-corrected chi connectivity index (χ2v) is 6.55. The van der Waals surface area contributed by atoms with E-state index in [1.54, 1.807) is 7.11 Å². The van der Waals surface area contributed by atoms with Crippen LogP contribution >= 0.6 is 31.9 Å². The Balaban J connectivity index is 2.46. The largest absolute Gasteiger partial charge is 0.383 e. The lowest BCUT2D eigenvalue weighted by atomic mass is 10.0. The summed E-state index contributed by atoms with van der Waals surface area (Å²) in [6.45, 7) is 3.45. The van der Waals surface area contributed by atoms with E-state index in [4.69, 9.17) is 4.74 Å². The number of nitrogens with one attached hydrogen (secondary N) is 1. The second-order valence-electron chi connectivity index (χ2n) is 4.84. The van der Waals surface area contributed by atoms with Gasteiger partial charge in [-0.25, -0.2) is 0 Å². The number of ether oxygens (including phenoxy) is 1. The van der Waals surface area contributed by atoms with E-state index in [0.717, 1.165) is 21.2 Å². The molecule has 114 valence electrons. The first-order valence-corrected chi connectivity index (χ1v) is 8.30. The van der Waals surface area contributed by atoms with Gasteiger partial charge < -0.3 is 10.1 Å². The molecule has 0 bridgehead atoms. The average molecular weight is 417 g/mol. The maximum Gasteiger partial charge on any atom is 0.0768 e. The summed E-state index contributed by atoms with van der Waals surface area (Å²) in [5.74, 6) is 0. The minimum absolute atomic E-state index is 0.0491. The lowest BCUT2D eigenvalue weighted by molar-refractivity contribution is 0.182. The van der Waals surface area contributed by atoms with Crippen molar-refractivity contribution >= 4 is 31.9 Å². The molecule has 0 radical (unpaired) electrons. The predicted octanol–water partition coefficient (Wildman–Crippen LogP) is 3.67. The average Bonchev–Trinajstić information content (AvgIpc) is 2.83. The second kappa shape index (κ2) is 7.54. The van der Waals surface area contributed by atoms with Gasteiger partial charge in [-0.2, -0.15) is 5.10 Å². The number of hydrogen-bond donors (Lipinski definition) is 1. The van der Waals surface area contributed by atoms with E-state index >= 15 is 0 Å². The van der Waals surface area contributed by atoms with Crippen LogP contribution in [0.2, 0.25) is 0 Å². The summed E-state index contributed by atoms with van der Waals surface area (Å²) in [5, 5.41) is 7.82. The highest BCUT2D eigenvalue weighted by molar-refractivity contribution is 9.10. The molecule has 2 rings (SSSR count). The van der Waals surface area contributed by atoms with Crippen molar-refractivity contribution in [3.63, 3.8) is 0 Å². The van der Waals surface area contributed by atoms with Crippen molar-refractivity contribution in [1.29, 1.82) is 0 Å². The summed E-state index contributed by atoms with van der Waals surface area (Å²) in [6, 6.07) is 6.41. The quantitative estimate of drug-likeness (QED) is 0.780. The summed E-state index contributed by atoms with van der Waals surface area (Å²) in [5.41, 5.74) is 3.52. The fourth-order valence-electron chi connectivity index (χ4n) is 2.34. The van der Waals surface area contributed by atoms with Crippen LogP contribution in [0, 0.1) is 6.92 Å². The first kappa shape index (κ1) is 16.7. The van der Waals surface area contributed by atoms with Crippen LogP contribution in [-0.4, -0.2) is 30.5 Å². The third-order valence-corrected chi connectivity index (χ3v) is 4.70. The van der Waals surface area contributed by atoms with Gasteiger partial charge in [0.1, 0.15) is 0 Å². The smallest absolute Gasteiger partial charge is 0.0768 e. The van der Waals surface area contributed by atoms with Crippen molar-refractivity contribution < 1.29 is 4.74 Å². The lowest BCUT2D eigenvalue weighted by Crippen LogP contribution is -2.23. The summed E-state index contributed by atoms with van der Waals surface area (Å²) >= 11 is 7.26. The summed E-state index contributed by atoms with van der Waals surface area (Å²) in [4.78, 5) is 0. The molecule has 1 unspecified atom stereocenters. The third kappa shape index (κ3) is 3.74. The van der Waals surface area contributed by atoms with Gasteiger partial charge in [0.15, 0.2) is 0 Å². The molecule has 0 amide bonds. The van der Waals surface area contributed by atoms with Gasteiger partial charge in [0.25, 0.3) is 0 Å². The van der Waals surface area contributed by atoms with Gasteiger partial charge in [-0.05, 0) is 41.5 Å². The number of rotatable bonds is 6. The molecule has 0 saturated heterocycles. The predicted molar refractivity (Wildman–Crippen MR) is 91.6 cm³/mol. The molecule has 1 aromatic carbocycles. The van der Waals surface area contributed by atoms with E-state index < -0.39 is 0 Å². The maximum atomic E-state index is 5.17. The van der Waals surface area contributed by atoms with Crippen LogP contribution < -0.4 is 5.32 Å². The monoisotopic (exact) mass is 415 g/mol. The van der Waals surface area contributed by atoms with Crippen LogP contribution in [0.1, 0.15) is 22.9 Å². The van der Waals surface area contributed by atoms with E-state index in [-0.39, 0.29) is 6.04 Å². The molecule has 0 spiro atoms. The SMILES string of the molecule is CNC(c1cc(C)ccc1Br)c1c(Br)cnn1CCOC. The molecule has 1 N–H and O–H groups in total. The molecule has 0 aliphatic heterocycles. The Labute approximate surface area is 142 Å². The summed E-state index contributed by atoms with van der Waals surface area (Å²) in [7, 11) is 3.66. The fourth-order valence-corrected chi connectivity index (χ4v) is 3.34. The molecule has 6 heteroatoms. The van der Waals surface area contributed by atoms with E-state index in [0.29, 0.717) is 6.61 Å². The van der Waals surface area contributed by atoms with Crippen molar-refractivity contribution in [2.45, 2.75) is 19.5 Å². The molecule has 0 aliphatic rings. The van der Waals surface area contributed by atoms with Crippen LogP contribution in [0.5, 0.6) is 0 Å². The Morgan fingerprint density at radius 2 is 2.10 bits per heavy atom. The van der Waals surface area contributed by atoms with Gasteiger partial charge in [0, 0.05) is 11.6 Å². The first-order valence-electron chi connectivity index (χ1n) is 6.72. The molecule has 1 aromatic heterocycles. The first-order chi connectivity index (χ1) is 10.1. The number of aromatic nitrogens is 2. The zero-order valence-electron chi connectivity index (χ0n) is 12.4. The van der Waals surface area contributed by atoms with Crippen LogP contribution in [0.15, 0.2) is 33.3 Å². The summed E-state index contributed by atoms with van der Waals surface area (Å²) in [6.07, 6.45) is 1.83. The van der Waals surface area contributed by atoms with Gasteiger partial charge >= 0.3 is 0 Å².